The van der Waals surface area contributed by atoms with Crippen molar-refractivity contribution < 1.29 is 37.0 Å². The van der Waals surface area contributed by atoms with Crippen LogP contribution in [0.5, 0.6) is 0 Å². The fourth-order valence-corrected chi connectivity index (χ4v) is 3.71. The molecule has 26 heavy (non-hydrogen) atoms. The van der Waals surface area contributed by atoms with Crippen molar-refractivity contribution in [2.24, 2.45) is 0 Å². The van der Waals surface area contributed by atoms with Gasteiger partial charge in [0.25, 0.3) is 0 Å². The predicted molar refractivity (Wildman–Crippen MR) is 84.4 cm³/mol. The lowest BCUT2D eigenvalue weighted by Crippen LogP contribution is -2.33. The second-order valence-electron chi connectivity index (χ2n) is 5.97. The summed E-state index contributed by atoms with van der Waals surface area (Å²) in [5.41, 5.74) is -0.823. The van der Waals surface area contributed by atoms with E-state index in [9.17, 15) is 27.6 Å². The Morgan fingerprint density at radius 2 is 2.12 bits per heavy atom. The number of carbonyl (C=O) groups is 3. The average Bonchev–Trinajstić information content (AvgIpc) is 2.84. The maximum atomic E-state index is 12.7. The first kappa shape index (κ1) is 18.6. The number of amides is 1. The molecule has 3 rings (SSSR count). The summed E-state index contributed by atoms with van der Waals surface area (Å²) >= 11 is 0.976. The summed E-state index contributed by atoms with van der Waals surface area (Å²) in [5, 5.41) is 1.52. The van der Waals surface area contributed by atoms with Crippen LogP contribution >= 0.6 is 11.8 Å². The first-order valence-corrected chi connectivity index (χ1v) is 8.60. The van der Waals surface area contributed by atoms with E-state index in [1.165, 1.54) is 6.07 Å². The van der Waals surface area contributed by atoms with Crippen LogP contribution in [0.1, 0.15) is 25.3 Å². The van der Waals surface area contributed by atoms with E-state index in [4.69, 9.17) is 9.47 Å². The second-order valence-corrected chi connectivity index (χ2v) is 7.21. The van der Waals surface area contributed by atoms with Gasteiger partial charge >= 0.3 is 18.1 Å². The van der Waals surface area contributed by atoms with Crippen LogP contribution in [0.4, 0.5) is 18.9 Å². The highest BCUT2D eigenvalue weighted by atomic mass is 32.2. The molecule has 2 aliphatic rings. The van der Waals surface area contributed by atoms with E-state index in [0.29, 0.717) is 4.90 Å². The standard InChI is InChI=1S/C16H14F3NO5S/c1-7-4-10(15(23)24-7)25-13(21)6-12-14(22)20-9-5-8(16(17,18)19)2-3-11(9)26-12/h2-3,5,7,10,12H,4,6H2,1H3,(H,20,22)/t7-,10+,12-/m1/s1. The molecule has 0 bridgehead atoms. The summed E-state index contributed by atoms with van der Waals surface area (Å²) < 4.78 is 48.1. The van der Waals surface area contributed by atoms with Crippen molar-refractivity contribution >= 4 is 35.3 Å². The number of anilines is 1. The van der Waals surface area contributed by atoms with Gasteiger partial charge in [-0.2, -0.15) is 13.2 Å². The Bertz CT molecular complexity index is 767. The number of hydrogen-bond donors (Lipinski definition) is 1. The molecule has 10 heteroatoms. The molecule has 1 aromatic carbocycles. The molecule has 3 atom stereocenters. The Morgan fingerprint density at radius 3 is 2.73 bits per heavy atom. The van der Waals surface area contributed by atoms with Crippen LogP contribution in [0.15, 0.2) is 23.1 Å². The van der Waals surface area contributed by atoms with Gasteiger partial charge in [-0.1, -0.05) is 0 Å². The van der Waals surface area contributed by atoms with Crippen LogP contribution in [0.25, 0.3) is 0 Å². The maximum absolute atomic E-state index is 12.7. The van der Waals surface area contributed by atoms with E-state index in [-0.39, 0.29) is 24.6 Å². The molecule has 1 fully saturated rings. The van der Waals surface area contributed by atoms with Crippen molar-refractivity contribution in [3.05, 3.63) is 23.8 Å². The Hall–Kier alpha value is -2.23. The number of ether oxygens (including phenoxy) is 2. The Balaban J connectivity index is 1.65. The van der Waals surface area contributed by atoms with Gasteiger partial charge in [0, 0.05) is 11.3 Å². The molecule has 0 aliphatic carbocycles. The van der Waals surface area contributed by atoms with Gasteiger partial charge in [-0.25, -0.2) is 4.79 Å². The molecule has 1 amide bonds. The highest BCUT2D eigenvalue weighted by molar-refractivity contribution is 8.01. The minimum absolute atomic E-state index is 0.0487. The van der Waals surface area contributed by atoms with Gasteiger partial charge in [0.15, 0.2) is 0 Å². The third-order valence-corrected chi connectivity index (χ3v) is 5.15. The highest BCUT2D eigenvalue weighted by Crippen LogP contribution is 2.40. The molecule has 0 aromatic heterocycles. The number of esters is 2. The highest BCUT2D eigenvalue weighted by Gasteiger charge is 2.37. The van der Waals surface area contributed by atoms with Crippen molar-refractivity contribution in [2.75, 3.05) is 5.32 Å². The van der Waals surface area contributed by atoms with Gasteiger partial charge in [0.05, 0.1) is 22.9 Å². The smallest absolute Gasteiger partial charge is 0.416 e. The monoisotopic (exact) mass is 389 g/mol. The van der Waals surface area contributed by atoms with Crippen molar-refractivity contribution in [3.63, 3.8) is 0 Å². The number of hydrogen-bond acceptors (Lipinski definition) is 6. The zero-order valence-electron chi connectivity index (χ0n) is 13.5. The van der Waals surface area contributed by atoms with Crippen molar-refractivity contribution in [2.45, 2.75) is 48.3 Å². The van der Waals surface area contributed by atoms with Crippen LogP contribution in [-0.2, 0) is 30.0 Å². The summed E-state index contributed by atoms with van der Waals surface area (Å²) in [5.74, 6) is -1.97. The summed E-state index contributed by atoms with van der Waals surface area (Å²) in [6.07, 6.45) is -5.91. The third kappa shape index (κ3) is 3.95. The van der Waals surface area contributed by atoms with E-state index >= 15 is 0 Å². The summed E-state index contributed by atoms with van der Waals surface area (Å²) in [6, 6.07) is 3.01. The molecule has 0 unspecified atom stereocenters. The molecule has 0 radical (unpaired) electrons. The molecular formula is C16H14F3NO5S. The van der Waals surface area contributed by atoms with Crippen molar-refractivity contribution in [1.29, 1.82) is 0 Å². The quantitative estimate of drug-likeness (QED) is 0.801. The number of alkyl halides is 3. The molecule has 2 heterocycles. The maximum Gasteiger partial charge on any atom is 0.416 e. The van der Waals surface area contributed by atoms with Crippen LogP contribution < -0.4 is 5.32 Å². The summed E-state index contributed by atoms with van der Waals surface area (Å²) in [7, 11) is 0. The number of benzene rings is 1. The van der Waals surface area contributed by atoms with Gasteiger partial charge < -0.3 is 14.8 Å². The SMILES string of the molecule is C[C@@H]1C[C@H](OC(=O)C[C@H]2Sc3ccc(C(F)(F)F)cc3NC2=O)C(=O)O1. The lowest BCUT2D eigenvalue weighted by atomic mass is 10.1. The van der Waals surface area contributed by atoms with E-state index in [1.807, 2.05) is 0 Å². The molecule has 140 valence electrons. The molecule has 1 aromatic rings. The molecule has 0 saturated carbocycles. The van der Waals surface area contributed by atoms with Crippen molar-refractivity contribution in [3.8, 4) is 0 Å². The Kier molecular flexibility index (Phi) is 4.87. The number of thioether (sulfide) groups is 1. The zero-order chi connectivity index (χ0) is 19.1. The minimum Gasteiger partial charge on any atom is -0.460 e. The number of halogens is 3. The zero-order valence-corrected chi connectivity index (χ0v) is 14.3. The topological polar surface area (TPSA) is 81.7 Å². The van der Waals surface area contributed by atoms with Gasteiger partial charge in [-0.05, 0) is 25.1 Å². The molecular weight excluding hydrogens is 375 g/mol. The van der Waals surface area contributed by atoms with Crippen LogP contribution in [0.3, 0.4) is 0 Å². The first-order valence-electron chi connectivity index (χ1n) is 7.72. The number of carbonyl (C=O) groups excluding carboxylic acids is 3. The van der Waals surface area contributed by atoms with E-state index in [1.54, 1.807) is 6.92 Å². The second kappa shape index (κ2) is 6.82. The Morgan fingerprint density at radius 1 is 1.38 bits per heavy atom. The van der Waals surface area contributed by atoms with Crippen LogP contribution in [-0.4, -0.2) is 35.3 Å². The number of nitrogens with one attached hydrogen (secondary N) is 1. The van der Waals surface area contributed by atoms with Crippen LogP contribution in [0.2, 0.25) is 0 Å². The van der Waals surface area contributed by atoms with E-state index < -0.39 is 40.9 Å². The van der Waals surface area contributed by atoms with Crippen molar-refractivity contribution in [1.82, 2.24) is 0 Å². The fourth-order valence-electron chi connectivity index (χ4n) is 2.64. The first-order chi connectivity index (χ1) is 12.1. The molecule has 1 saturated heterocycles. The van der Waals surface area contributed by atoms with Gasteiger partial charge in [-0.3, -0.25) is 9.59 Å². The average molecular weight is 389 g/mol. The number of cyclic esters (lactones) is 1. The molecule has 1 N–H and O–H groups in total. The predicted octanol–water partition coefficient (Wildman–Crippen LogP) is 2.76. The van der Waals surface area contributed by atoms with Gasteiger partial charge in [0.2, 0.25) is 12.0 Å². The van der Waals surface area contributed by atoms with Gasteiger partial charge in [0.1, 0.15) is 6.10 Å². The third-order valence-electron chi connectivity index (χ3n) is 3.88. The largest absolute Gasteiger partial charge is 0.460 e. The summed E-state index contributed by atoms with van der Waals surface area (Å²) in [6.45, 7) is 1.67. The number of rotatable bonds is 3. The molecule has 0 spiro atoms. The molecule has 2 aliphatic heterocycles. The fraction of sp³-hybridized carbons (Fsp3) is 0.438. The Labute approximate surface area is 150 Å². The van der Waals surface area contributed by atoms with E-state index in [2.05, 4.69) is 5.32 Å². The van der Waals surface area contributed by atoms with Gasteiger partial charge in [-0.15, -0.1) is 11.8 Å². The van der Waals surface area contributed by atoms with E-state index in [0.717, 1.165) is 23.9 Å². The number of fused-ring (bicyclic) bond motifs is 1. The lowest BCUT2D eigenvalue weighted by Gasteiger charge is -2.24. The van der Waals surface area contributed by atoms with Crippen LogP contribution in [0, 0.1) is 0 Å². The lowest BCUT2D eigenvalue weighted by molar-refractivity contribution is -0.161. The normalized spacial score (nSPS) is 25.3. The molecule has 6 nitrogen and oxygen atoms in total. The summed E-state index contributed by atoms with van der Waals surface area (Å²) in [4.78, 5) is 36.0. The minimum atomic E-state index is -4.52.